The first-order chi connectivity index (χ1) is 15.7. The number of hydrogen-bond acceptors (Lipinski definition) is 6. The van der Waals surface area contributed by atoms with E-state index in [1.54, 1.807) is 14.2 Å². The first kappa shape index (κ1) is 24.8. The molecule has 4 rings (SSSR count). The number of methoxy groups -OCH3 is 2. The highest BCUT2D eigenvalue weighted by atomic mass is 16.5. The lowest BCUT2D eigenvalue weighted by molar-refractivity contribution is 0.0694. The summed E-state index contributed by atoms with van der Waals surface area (Å²) < 4.78 is 18.7. The van der Waals surface area contributed by atoms with Crippen LogP contribution in [0.1, 0.15) is 42.6 Å². The number of ether oxygens (including phenoxy) is 3. The van der Waals surface area contributed by atoms with Crippen molar-refractivity contribution in [3.05, 3.63) is 45.7 Å². The molecule has 2 aliphatic rings. The zero-order chi connectivity index (χ0) is 24.2. The van der Waals surface area contributed by atoms with E-state index in [4.69, 9.17) is 19.3 Å². The van der Waals surface area contributed by atoms with Crippen LogP contribution in [0.15, 0.2) is 29.2 Å². The van der Waals surface area contributed by atoms with Crippen LogP contribution in [0.4, 0.5) is 0 Å². The Hall–Kier alpha value is -2.84. The summed E-state index contributed by atoms with van der Waals surface area (Å²) in [6.45, 7) is 6.11. The summed E-state index contributed by atoms with van der Waals surface area (Å²) in [7, 11) is 3.29. The second-order valence-electron chi connectivity index (χ2n) is 9.14. The Morgan fingerprint density at radius 3 is 2.39 bits per heavy atom. The topological polar surface area (TPSA) is 107 Å². The summed E-state index contributed by atoms with van der Waals surface area (Å²) in [6.07, 6.45) is 4.32. The van der Waals surface area contributed by atoms with E-state index >= 15 is 0 Å². The van der Waals surface area contributed by atoms with E-state index in [0.717, 1.165) is 24.0 Å². The molecule has 0 atom stereocenters. The molecule has 8 heteroatoms. The Morgan fingerprint density at radius 1 is 1.15 bits per heavy atom. The van der Waals surface area contributed by atoms with Crippen molar-refractivity contribution in [1.29, 1.82) is 0 Å². The minimum absolute atomic E-state index is 0.100. The minimum Gasteiger partial charge on any atom is -0.493 e. The van der Waals surface area contributed by atoms with Crippen molar-refractivity contribution in [2.75, 3.05) is 34.0 Å². The average molecular weight is 460 g/mol. The van der Waals surface area contributed by atoms with Crippen molar-refractivity contribution in [2.45, 2.75) is 39.7 Å². The zero-order valence-corrected chi connectivity index (χ0v) is 19.7. The second-order valence-corrected chi connectivity index (χ2v) is 9.14. The quantitative estimate of drug-likeness (QED) is 0.624. The molecule has 2 aromatic rings. The molecule has 0 amide bonds. The fourth-order valence-corrected chi connectivity index (χ4v) is 3.76. The van der Waals surface area contributed by atoms with E-state index in [9.17, 15) is 14.7 Å². The third-order valence-corrected chi connectivity index (χ3v) is 5.95. The number of carbonyl (C=O) groups is 1. The first-order valence-electron chi connectivity index (χ1n) is 11.1. The highest BCUT2D eigenvalue weighted by Crippen LogP contribution is 2.47. The summed E-state index contributed by atoms with van der Waals surface area (Å²) in [6, 6.07) is 5.22. The molecule has 1 aromatic carbocycles. The molecule has 8 nitrogen and oxygen atoms in total. The van der Waals surface area contributed by atoms with Gasteiger partial charge in [0.05, 0.1) is 26.0 Å². The normalized spacial score (nSPS) is 15.1. The number of hydrogen-bond donors (Lipinski definition) is 2. The lowest BCUT2D eigenvalue weighted by Gasteiger charge is -2.25. The van der Waals surface area contributed by atoms with Crippen LogP contribution in [0.25, 0.3) is 11.3 Å². The number of nitrogens with zero attached hydrogens (tertiary/aromatic N) is 1. The van der Waals surface area contributed by atoms with Crippen LogP contribution in [0, 0.1) is 11.3 Å². The SMILES string of the molecule is CC(C)CO.COCC1(COc2cc3c(cc2OC)-c2cc(=O)c(C(=O)O)cn2CC3)CC1. The maximum absolute atomic E-state index is 12.2. The standard InChI is InChI=1S/C21H23NO6.C4H10O/c1-26-11-21(4-5-21)12-28-19-7-13-3-6-22-10-15(20(24)25)17(23)9-16(22)14(13)8-18(19)27-2;1-4(2)3-5/h7-10H,3-6,11-12H2,1-2H3,(H,24,25);4-5H,3H2,1-2H3. The number of benzene rings is 1. The maximum atomic E-state index is 12.2. The van der Waals surface area contributed by atoms with Crippen molar-refractivity contribution < 1.29 is 29.2 Å². The van der Waals surface area contributed by atoms with Gasteiger partial charge in [-0.15, -0.1) is 0 Å². The van der Waals surface area contributed by atoms with E-state index in [1.807, 2.05) is 30.5 Å². The molecule has 0 bridgehead atoms. The van der Waals surface area contributed by atoms with E-state index in [1.165, 1.54) is 12.3 Å². The Balaban J connectivity index is 0.000000555. The van der Waals surface area contributed by atoms with Gasteiger partial charge in [-0.05, 0) is 42.9 Å². The number of carboxylic acids is 1. The highest BCUT2D eigenvalue weighted by molar-refractivity contribution is 5.87. The largest absolute Gasteiger partial charge is 0.493 e. The molecule has 2 N–H and O–H groups in total. The molecule has 1 aliphatic carbocycles. The Labute approximate surface area is 193 Å². The lowest BCUT2D eigenvalue weighted by atomic mass is 9.96. The third-order valence-electron chi connectivity index (χ3n) is 5.95. The monoisotopic (exact) mass is 459 g/mol. The Kier molecular flexibility index (Phi) is 7.81. The number of aliphatic hydroxyl groups excluding tert-OH is 1. The fraction of sp³-hybridized carbons (Fsp3) is 0.520. The Bertz CT molecular complexity index is 1050. The number of aliphatic hydroxyl groups is 1. The van der Waals surface area contributed by atoms with E-state index < -0.39 is 11.4 Å². The number of aryl methyl sites for hydroxylation is 2. The van der Waals surface area contributed by atoms with E-state index in [2.05, 4.69) is 0 Å². The van der Waals surface area contributed by atoms with Crippen molar-refractivity contribution >= 4 is 5.97 Å². The molecule has 2 heterocycles. The van der Waals surface area contributed by atoms with Gasteiger partial charge in [0, 0.05) is 43.5 Å². The summed E-state index contributed by atoms with van der Waals surface area (Å²) in [5, 5.41) is 17.3. The molecule has 0 radical (unpaired) electrons. The summed E-state index contributed by atoms with van der Waals surface area (Å²) in [5.41, 5.74) is 1.99. The van der Waals surface area contributed by atoms with Crippen LogP contribution in [-0.4, -0.2) is 54.8 Å². The van der Waals surface area contributed by atoms with Crippen LogP contribution in [0.2, 0.25) is 0 Å². The number of aromatic carboxylic acids is 1. The smallest absolute Gasteiger partial charge is 0.341 e. The van der Waals surface area contributed by atoms with Gasteiger partial charge in [-0.25, -0.2) is 4.79 Å². The molecule has 1 fully saturated rings. The summed E-state index contributed by atoms with van der Waals surface area (Å²) in [4.78, 5) is 23.4. The lowest BCUT2D eigenvalue weighted by Crippen LogP contribution is -2.22. The van der Waals surface area contributed by atoms with Crippen molar-refractivity contribution in [1.82, 2.24) is 4.57 Å². The molecule has 0 saturated heterocycles. The van der Waals surface area contributed by atoms with E-state index in [0.29, 0.717) is 55.9 Å². The van der Waals surface area contributed by atoms with Crippen LogP contribution in [0.5, 0.6) is 11.5 Å². The average Bonchev–Trinajstić information content (AvgIpc) is 3.56. The van der Waals surface area contributed by atoms with Gasteiger partial charge in [0.25, 0.3) is 0 Å². The molecule has 0 spiro atoms. The first-order valence-corrected chi connectivity index (χ1v) is 11.1. The van der Waals surface area contributed by atoms with Gasteiger partial charge in [-0.2, -0.15) is 0 Å². The molecule has 33 heavy (non-hydrogen) atoms. The van der Waals surface area contributed by atoms with E-state index in [-0.39, 0.29) is 11.0 Å². The summed E-state index contributed by atoms with van der Waals surface area (Å²) in [5.74, 6) is 0.504. The molecular weight excluding hydrogens is 426 g/mol. The Morgan fingerprint density at radius 2 is 1.85 bits per heavy atom. The molecule has 1 saturated carbocycles. The predicted octanol–water partition coefficient (Wildman–Crippen LogP) is 3.22. The van der Waals surface area contributed by atoms with Crippen molar-refractivity contribution in [3.8, 4) is 22.8 Å². The molecule has 0 unspecified atom stereocenters. The van der Waals surface area contributed by atoms with Gasteiger partial charge in [-0.1, -0.05) is 13.8 Å². The molecule has 1 aliphatic heterocycles. The number of aromatic nitrogens is 1. The maximum Gasteiger partial charge on any atom is 0.341 e. The highest BCUT2D eigenvalue weighted by Gasteiger charge is 2.43. The third kappa shape index (κ3) is 5.75. The van der Waals surface area contributed by atoms with Gasteiger partial charge in [0.15, 0.2) is 16.9 Å². The van der Waals surface area contributed by atoms with Gasteiger partial charge in [0.1, 0.15) is 5.56 Å². The molecule has 180 valence electrons. The van der Waals surface area contributed by atoms with Crippen LogP contribution < -0.4 is 14.9 Å². The van der Waals surface area contributed by atoms with Crippen molar-refractivity contribution in [3.63, 3.8) is 0 Å². The van der Waals surface area contributed by atoms with Crippen molar-refractivity contribution in [2.24, 2.45) is 11.3 Å². The fourth-order valence-electron chi connectivity index (χ4n) is 3.76. The van der Waals surface area contributed by atoms with Gasteiger partial charge >= 0.3 is 5.97 Å². The van der Waals surface area contributed by atoms with Gasteiger partial charge in [-0.3, -0.25) is 4.79 Å². The molecular formula is C25H33NO7. The van der Waals surface area contributed by atoms with Gasteiger partial charge in [0.2, 0.25) is 0 Å². The van der Waals surface area contributed by atoms with Crippen LogP contribution in [-0.2, 0) is 17.7 Å². The van der Waals surface area contributed by atoms with Crippen LogP contribution >= 0.6 is 0 Å². The number of pyridine rings is 1. The van der Waals surface area contributed by atoms with Crippen LogP contribution in [0.3, 0.4) is 0 Å². The number of carboxylic acid groups (broad SMARTS) is 1. The predicted molar refractivity (Wildman–Crippen MR) is 124 cm³/mol. The minimum atomic E-state index is -1.21. The second kappa shape index (κ2) is 10.4. The number of rotatable bonds is 8. The summed E-state index contributed by atoms with van der Waals surface area (Å²) >= 11 is 0. The number of fused-ring (bicyclic) bond motifs is 3. The van der Waals surface area contributed by atoms with Gasteiger partial charge < -0.3 is 29.0 Å². The zero-order valence-electron chi connectivity index (χ0n) is 19.7. The molecule has 1 aromatic heterocycles.